The van der Waals surface area contributed by atoms with Crippen molar-refractivity contribution in [3.63, 3.8) is 0 Å². The molecule has 2 aliphatic rings. The number of hydrogen-bond donors (Lipinski definition) is 1. The molecule has 2 aliphatic heterocycles. The Morgan fingerprint density at radius 3 is 2.74 bits per heavy atom. The summed E-state index contributed by atoms with van der Waals surface area (Å²) in [5, 5.41) is 11.0. The number of carbonyl (C=O) groups is 1. The average molecular weight is 451 g/mol. The van der Waals surface area contributed by atoms with Gasteiger partial charge in [0.05, 0.1) is 39.0 Å². The third-order valence-electron chi connectivity index (χ3n) is 5.64. The molecular formula is C24H31ClO6. The largest absolute Gasteiger partial charge is 0.497 e. The fourth-order valence-electron chi connectivity index (χ4n) is 3.72. The standard InChI is InChI=1S/C24H31ClO6/c1-16-4-3-5-18(25)8-11-20-12-22(31-24(27)13-21(16)26)23(30-20)15-29-14-17-6-9-19(28-2)10-7-17/h4-7,9-10,20-23,26H,3,8,11-15H2,1-2H3/b16-4-,18-5-/t20-,21-,22-,23-/m1/s1. The molecule has 1 N–H and O–H groups in total. The molecule has 1 saturated heterocycles. The fraction of sp³-hybridized carbons (Fsp3) is 0.542. The molecule has 1 aromatic carbocycles. The molecule has 0 amide bonds. The average Bonchev–Trinajstić information content (AvgIpc) is 3.13. The summed E-state index contributed by atoms with van der Waals surface area (Å²) in [5.41, 5.74) is 1.75. The molecule has 170 valence electrons. The molecule has 7 heteroatoms. The van der Waals surface area contributed by atoms with E-state index in [4.69, 9.17) is 30.5 Å². The fourth-order valence-corrected chi connectivity index (χ4v) is 3.92. The second-order valence-electron chi connectivity index (χ2n) is 8.02. The lowest BCUT2D eigenvalue weighted by atomic mass is 10.0. The zero-order valence-electron chi connectivity index (χ0n) is 18.1. The monoisotopic (exact) mass is 450 g/mol. The lowest BCUT2D eigenvalue weighted by Crippen LogP contribution is -2.32. The Labute approximate surface area is 188 Å². The van der Waals surface area contributed by atoms with Crippen LogP contribution in [0.5, 0.6) is 5.75 Å². The topological polar surface area (TPSA) is 74.2 Å². The van der Waals surface area contributed by atoms with Crippen LogP contribution in [0.1, 0.15) is 44.6 Å². The van der Waals surface area contributed by atoms with Crippen LogP contribution in [-0.2, 0) is 25.6 Å². The Kier molecular flexibility index (Phi) is 8.96. The van der Waals surface area contributed by atoms with Crippen molar-refractivity contribution < 1.29 is 28.8 Å². The number of esters is 1. The van der Waals surface area contributed by atoms with Gasteiger partial charge < -0.3 is 24.1 Å². The van der Waals surface area contributed by atoms with E-state index < -0.39 is 18.2 Å². The van der Waals surface area contributed by atoms with Gasteiger partial charge in [0.15, 0.2) is 0 Å². The van der Waals surface area contributed by atoms with E-state index in [1.165, 1.54) is 0 Å². The minimum atomic E-state index is -0.870. The van der Waals surface area contributed by atoms with Gasteiger partial charge in [0.2, 0.25) is 0 Å². The molecule has 4 atom stereocenters. The first-order valence-corrected chi connectivity index (χ1v) is 11.1. The highest BCUT2D eigenvalue weighted by Crippen LogP contribution is 2.29. The number of rotatable bonds is 5. The molecule has 0 unspecified atom stereocenters. The van der Waals surface area contributed by atoms with Crippen LogP contribution >= 0.6 is 11.6 Å². The van der Waals surface area contributed by atoms with Crippen molar-refractivity contribution in [1.82, 2.24) is 0 Å². The number of allylic oxidation sites excluding steroid dienone is 3. The number of carbonyl (C=O) groups excluding carboxylic acids is 1. The van der Waals surface area contributed by atoms with Crippen molar-refractivity contribution in [2.24, 2.45) is 0 Å². The first-order chi connectivity index (χ1) is 14.9. The summed E-state index contributed by atoms with van der Waals surface area (Å²) >= 11 is 6.33. The smallest absolute Gasteiger partial charge is 0.309 e. The Balaban J connectivity index is 1.61. The summed E-state index contributed by atoms with van der Waals surface area (Å²) in [6.45, 7) is 2.54. The number of aliphatic hydroxyl groups excluding tert-OH is 1. The number of hydrogen-bond acceptors (Lipinski definition) is 6. The molecule has 0 spiro atoms. The van der Waals surface area contributed by atoms with E-state index in [0.29, 0.717) is 32.5 Å². The van der Waals surface area contributed by atoms with Gasteiger partial charge in [-0.2, -0.15) is 0 Å². The molecule has 0 aliphatic carbocycles. The van der Waals surface area contributed by atoms with Crippen molar-refractivity contribution in [3.8, 4) is 5.75 Å². The van der Waals surface area contributed by atoms with E-state index >= 15 is 0 Å². The van der Waals surface area contributed by atoms with Gasteiger partial charge >= 0.3 is 5.97 Å². The number of ether oxygens (including phenoxy) is 4. The Bertz CT molecular complexity index is 788. The van der Waals surface area contributed by atoms with Crippen LogP contribution < -0.4 is 4.74 Å². The number of methoxy groups -OCH3 is 1. The van der Waals surface area contributed by atoms with Crippen molar-refractivity contribution in [2.45, 2.75) is 70.1 Å². The lowest BCUT2D eigenvalue weighted by Gasteiger charge is -2.20. The third kappa shape index (κ3) is 7.35. The maximum atomic E-state index is 12.4. The van der Waals surface area contributed by atoms with E-state index in [9.17, 15) is 9.90 Å². The molecule has 31 heavy (non-hydrogen) atoms. The Hall–Kier alpha value is -1.86. The van der Waals surface area contributed by atoms with Crippen LogP contribution in [-0.4, -0.2) is 49.2 Å². The van der Waals surface area contributed by atoms with Gasteiger partial charge in [0.25, 0.3) is 0 Å². The summed E-state index contributed by atoms with van der Waals surface area (Å²) in [4.78, 5) is 12.4. The third-order valence-corrected chi connectivity index (χ3v) is 5.98. The molecule has 2 heterocycles. The number of benzene rings is 1. The van der Waals surface area contributed by atoms with E-state index in [1.807, 2.05) is 36.4 Å². The molecule has 1 fully saturated rings. The minimum absolute atomic E-state index is 0.0559. The highest BCUT2D eigenvalue weighted by Gasteiger charge is 2.38. The predicted octanol–water partition coefficient (Wildman–Crippen LogP) is 4.29. The van der Waals surface area contributed by atoms with Crippen molar-refractivity contribution in [2.75, 3.05) is 13.7 Å². The minimum Gasteiger partial charge on any atom is -0.497 e. The molecule has 0 aromatic heterocycles. The van der Waals surface area contributed by atoms with Crippen molar-refractivity contribution >= 4 is 17.6 Å². The predicted molar refractivity (Wildman–Crippen MR) is 118 cm³/mol. The summed E-state index contributed by atoms with van der Waals surface area (Å²) in [7, 11) is 1.63. The second kappa shape index (κ2) is 11.7. The normalized spacial score (nSPS) is 31.0. The summed E-state index contributed by atoms with van der Waals surface area (Å²) < 4.78 is 22.8. The lowest BCUT2D eigenvalue weighted by molar-refractivity contribution is -0.155. The molecule has 6 nitrogen and oxygen atoms in total. The maximum Gasteiger partial charge on any atom is 0.309 e. The van der Waals surface area contributed by atoms with E-state index in [-0.39, 0.29) is 18.6 Å². The van der Waals surface area contributed by atoms with Crippen LogP contribution in [0.15, 0.2) is 47.0 Å². The van der Waals surface area contributed by atoms with Gasteiger partial charge in [-0.3, -0.25) is 4.79 Å². The Morgan fingerprint density at radius 1 is 1.23 bits per heavy atom. The van der Waals surface area contributed by atoms with E-state index in [0.717, 1.165) is 28.3 Å². The van der Waals surface area contributed by atoms with E-state index in [1.54, 1.807) is 14.0 Å². The molecule has 2 bridgehead atoms. The molecule has 3 rings (SSSR count). The van der Waals surface area contributed by atoms with Crippen LogP contribution in [0.4, 0.5) is 0 Å². The number of halogens is 1. The van der Waals surface area contributed by atoms with Crippen molar-refractivity contribution in [3.05, 3.63) is 52.6 Å². The van der Waals surface area contributed by atoms with Gasteiger partial charge in [-0.25, -0.2) is 0 Å². The molecule has 0 radical (unpaired) electrons. The van der Waals surface area contributed by atoms with Crippen LogP contribution in [0.2, 0.25) is 0 Å². The quantitative estimate of drug-likeness (QED) is 0.533. The first kappa shape index (κ1) is 23.8. The first-order valence-electron chi connectivity index (χ1n) is 10.7. The van der Waals surface area contributed by atoms with Gasteiger partial charge in [0, 0.05) is 11.5 Å². The van der Waals surface area contributed by atoms with Gasteiger partial charge in [0.1, 0.15) is 18.0 Å². The number of aliphatic hydroxyl groups is 1. The zero-order valence-corrected chi connectivity index (χ0v) is 18.8. The van der Waals surface area contributed by atoms with Gasteiger partial charge in [-0.05, 0) is 49.5 Å². The SMILES string of the molecule is COc1ccc(COC[C@H]2O[C@@H]3CC/C(Cl)=C/C/C=C(/C)[C@H](O)CC(=O)O[C@@H]2C3)cc1. The van der Waals surface area contributed by atoms with Gasteiger partial charge in [-0.1, -0.05) is 35.9 Å². The summed E-state index contributed by atoms with van der Waals surface area (Å²) in [5.74, 6) is 0.363. The molecule has 0 saturated carbocycles. The highest BCUT2D eigenvalue weighted by atomic mass is 35.5. The molecular weight excluding hydrogens is 420 g/mol. The van der Waals surface area contributed by atoms with Crippen molar-refractivity contribution in [1.29, 1.82) is 0 Å². The molecule has 1 aromatic rings. The van der Waals surface area contributed by atoms with Crippen LogP contribution in [0.3, 0.4) is 0 Å². The van der Waals surface area contributed by atoms with Gasteiger partial charge in [-0.15, -0.1) is 0 Å². The van der Waals surface area contributed by atoms with Crippen LogP contribution in [0, 0.1) is 0 Å². The Morgan fingerprint density at radius 2 is 2.00 bits per heavy atom. The zero-order chi connectivity index (χ0) is 22.2. The highest BCUT2D eigenvalue weighted by molar-refractivity contribution is 6.29. The summed E-state index contributed by atoms with van der Waals surface area (Å²) in [6, 6.07) is 7.66. The maximum absolute atomic E-state index is 12.4. The number of fused-ring (bicyclic) bond motifs is 2. The van der Waals surface area contributed by atoms with Crippen LogP contribution in [0.25, 0.3) is 0 Å². The summed E-state index contributed by atoms with van der Waals surface area (Å²) in [6.07, 6.45) is 4.71. The second-order valence-corrected chi connectivity index (χ2v) is 8.50. The van der Waals surface area contributed by atoms with E-state index in [2.05, 4.69) is 0 Å².